The molecule has 4 nitrogen and oxygen atoms in total. The lowest BCUT2D eigenvalue weighted by molar-refractivity contribution is -0.134. The molecule has 0 saturated heterocycles. The molecule has 1 aliphatic carbocycles. The molecular formula is C13H25NO3. The molecule has 0 atom stereocenters. The van der Waals surface area contributed by atoms with Gasteiger partial charge >= 0.3 is 0 Å². The Balaban J connectivity index is 2.20. The fourth-order valence-corrected chi connectivity index (χ4v) is 2.31. The number of ether oxygens (including phenoxy) is 1. The molecule has 0 radical (unpaired) electrons. The summed E-state index contributed by atoms with van der Waals surface area (Å²) in [5.74, 6) is 0.725. The highest BCUT2D eigenvalue weighted by Gasteiger charge is 2.31. The Morgan fingerprint density at radius 3 is 2.65 bits per heavy atom. The molecule has 1 fully saturated rings. The van der Waals surface area contributed by atoms with Crippen molar-refractivity contribution < 1.29 is 14.6 Å². The predicted octanol–water partition coefficient (Wildman–Crippen LogP) is 1.42. The maximum Gasteiger partial charge on any atom is 0.222 e. The molecular weight excluding hydrogens is 218 g/mol. The summed E-state index contributed by atoms with van der Waals surface area (Å²) in [4.78, 5) is 13.8. The van der Waals surface area contributed by atoms with Gasteiger partial charge in [-0.3, -0.25) is 4.79 Å². The van der Waals surface area contributed by atoms with Crippen LogP contribution in [0.15, 0.2) is 0 Å². The Hall–Kier alpha value is -0.610. The van der Waals surface area contributed by atoms with Gasteiger partial charge in [-0.1, -0.05) is 0 Å². The van der Waals surface area contributed by atoms with Crippen molar-refractivity contribution in [1.82, 2.24) is 4.90 Å². The van der Waals surface area contributed by atoms with E-state index in [2.05, 4.69) is 0 Å². The van der Waals surface area contributed by atoms with E-state index >= 15 is 0 Å². The second kappa shape index (κ2) is 7.67. The monoisotopic (exact) mass is 243 g/mol. The fraction of sp³-hybridized carbons (Fsp3) is 0.923. The summed E-state index contributed by atoms with van der Waals surface area (Å²) in [6.45, 7) is 6.32. The average molecular weight is 243 g/mol. The zero-order valence-electron chi connectivity index (χ0n) is 11.0. The molecule has 100 valence electrons. The first-order chi connectivity index (χ1) is 8.21. The van der Waals surface area contributed by atoms with E-state index in [1.807, 2.05) is 18.7 Å². The van der Waals surface area contributed by atoms with Crippen molar-refractivity contribution in [2.75, 3.05) is 26.3 Å². The third-order valence-corrected chi connectivity index (χ3v) is 3.38. The van der Waals surface area contributed by atoms with E-state index in [0.29, 0.717) is 31.4 Å². The lowest BCUT2D eigenvalue weighted by atomic mass is 9.79. The molecule has 0 heterocycles. The summed E-state index contributed by atoms with van der Waals surface area (Å²) >= 11 is 0. The maximum atomic E-state index is 12.0. The predicted molar refractivity (Wildman–Crippen MR) is 66.7 cm³/mol. The summed E-state index contributed by atoms with van der Waals surface area (Å²) in [6, 6.07) is 0. The van der Waals surface area contributed by atoms with E-state index in [0.717, 1.165) is 26.0 Å². The van der Waals surface area contributed by atoms with Crippen LogP contribution in [-0.2, 0) is 9.53 Å². The van der Waals surface area contributed by atoms with Crippen molar-refractivity contribution >= 4 is 5.91 Å². The number of aliphatic hydroxyl groups excluding tert-OH is 1. The minimum Gasteiger partial charge on any atom is -0.396 e. The van der Waals surface area contributed by atoms with Crippen molar-refractivity contribution in [1.29, 1.82) is 0 Å². The lowest BCUT2D eigenvalue weighted by Gasteiger charge is -2.35. The summed E-state index contributed by atoms with van der Waals surface area (Å²) in [5, 5.41) is 8.77. The molecule has 0 aromatic carbocycles. The summed E-state index contributed by atoms with van der Waals surface area (Å²) in [5.41, 5.74) is 0. The van der Waals surface area contributed by atoms with Gasteiger partial charge in [0, 0.05) is 32.7 Å². The fourth-order valence-electron chi connectivity index (χ4n) is 2.31. The Bertz CT molecular complexity index is 227. The van der Waals surface area contributed by atoms with Crippen LogP contribution in [0.2, 0.25) is 0 Å². The third-order valence-electron chi connectivity index (χ3n) is 3.38. The highest BCUT2D eigenvalue weighted by molar-refractivity contribution is 5.76. The zero-order valence-corrected chi connectivity index (χ0v) is 11.0. The van der Waals surface area contributed by atoms with Gasteiger partial charge < -0.3 is 14.7 Å². The maximum absolute atomic E-state index is 12.0. The van der Waals surface area contributed by atoms with Gasteiger partial charge in [-0.25, -0.2) is 0 Å². The zero-order chi connectivity index (χ0) is 12.7. The van der Waals surface area contributed by atoms with Gasteiger partial charge in [0.05, 0.1) is 6.10 Å². The molecule has 17 heavy (non-hydrogen) atoms. The standard InChI is InChI=1S/C13H25NO3/c1-3-14(6-5-7-15)13(16)10-11-8-12(9-11)17-4-2/h11-12,15H,3-10H2,1-2H3. The molecule has 1 aliphatic rings. The first-order valence-electron chi connectivity index (χ1n) is 6.71. The molecule has 0 spiro atoms. The van der Waals surface area contributed by atoms with E-state index in [4.69, 9.17) is 9.84 Å². The first kappa shape index (κ1) is 14.5. The number of hydrogen-bond donors (Lipinski definition) is 1. The van der Waals surface area contributed by atoms with Crippen molar-refractivity contribution in [3.05, 3.63) is 0 Å². The van der Waals surface area contributed by atoms with Gasteiger partial charge in [-0.05, 0) is 39.0 Å². The molecule has 1 rings (SSSR count). The van der Waals surface area contributed by atoms with Crippen LogP contribution in [-0.4, -0.2) is 48.3 Å². The normalized spacial score (nSPS) is 23.2. The van der Waals surface area contributed by atoms with Crippen molar-refractivity contribution in [3.63, 3.8) is 0 Å². The highest BCUT2D eigenvalue weighted by Crippen LogP contribution is 2.33. The highest BCUT2D eigenvalue weighted by atomic mass is 16.5. The molecule has 1 amide bonds. The van der Waals surface area contributed by atoms with Crippen LogP contribution >= 0.6 is 0 Å². The van der Waals surface area contributed by atoms with Gasteiger partial charge in [0.2, 0.25) is 5.91 Å². The van der Waals surface area contributed by atoms with E-state index in [1.165, 1.54) is 0 Å². The average Bonchev–Trinajstić information content (AvgIpc) is 2.27. The number of carbonyl (C=O) groups is 1. The second-order valence-corrected chi connectivity index (χ2v) is 4.67. The largest absolute Gasteiger partial charge is 0.396 e. The van der Waals surface area contributed by atoms with Gasteiger partial charge in [-0.2, -0.15) is 0 Å². The smallest absolute Gasteiger partial charge is 0.222 e. The van der Waals surface area contributed by atoms with Crippen LogP contribution in [0.3, 0.4) is 0 Å². The SMILES string of the molecule is CCOC1CC(CC(=O)N(CC)CCCO)C1. The number of carbonyl (C=O) groups excluding carboxylic acids is 1. The van der Waals surface area contributed by atoms with Crippen LogP contribution in [0, 0.1) is 5.92 Å². The van der Waals surface area contributed by atoms with Gasteiger partial charge in [0.25, 0.3) is 0 Å². The minimum atomic E-state index is 0.152. The van der Waals surface area contributed by atoms with Crippen molar-refractivity contribution in [2.45, 2.75) is 45.6 Å². The van der Waals surface area contributed by atoms with E-state index in [-0.39, 0.29) is 12.5 Å². The van der Waals surface area contributed by atoms with Gasteiger partial charge in [-0.15, -0.1) is 0 Å². The number of rotatable bonds is 8. The van der Waals surface area contributed by atoms with Gasteiger partial charge in [0.1, 0.15) is 0 Å². The number of amides is 1. The second-order valence-electron chi connectivity index (χ2n) is 4.67. The van der Waals surface area contributed by atoms with Crippen LogP contribution in [0.4, 0.5) is 0 Å². The Morgan fingerprint density at radius 1 is 1.41 bits per heavy atom. The molecule has 0 bridgehead atoms. The number of hydrogen-bond acceptors (Lipinski definition) is 3. The van der Waals surface area contributed by atoms with Crippen molar-refractivity contribution in [3.8, 4) is 0 Å². The van der Waals surface area contributed by atoms with Crippen LogP contribution in [0.25, 0.3) is 0 Å². The Kier molecular flexibility index (Phi) is 6.52. The van der Waals surface area contributed by atoms with Crippen LogP contribution < -0.4 is 0 Å². The lowest BCUT2D eigenvalue weighted by Crippen LogP contribution is -2.38. The Morgan fingerprint density at radius 2 is 2.12 bits per heavy atom. The van der Waals surface area contributed by atoms with E-state index in [1.54, 1.807) is 0 Å². The third kappa shape index (κ3) is 4.64. The van der Waals surface area contributed by atoms with Gasteiger partial charge in [0.15, 0.2) is 0 Å². The molecule has 0 aromatic heterocycles. The quantitative estimate of drug-likeness (QED) is 0.701. The molecule has 1 N–H and O–H groups in total. The van der Waals surface area contributed by atoms with E-state index < -0.39 is 0 Å². The molecule has 0 aliphatic heterocycles. The van der Waals surface area contributed by atoms with Crippen molar-refractivity contribution in [2.24, 2.45) is 5.92 Å². The van der Waals surface area contributed by atoms with E-state index in [9.17, 15) is 4.79 Å². The van der Waals surface area contributed by atoms with Crippen LogP contribution in [0.5, 0.6) is 0 Å². The summed E-state index contributed by atoms with van der Waals surface area (Å²) in [7, 11) is 0. The molecule has 4 heteroatoms. The number of nitrogens with zero attached hydrogens (tertiary/aromatic N) is 1. The molecule has 1 saturated carbocycles. The van der Waals surface area contributed by atoms with Crippen LogP contribution in [0.1, 0.15) is 39.5 Å². The minimum absolute atomic E-state index is 0.152. The summed E-state index contributed by atoms with van der Waals surface area (Å²) in [6.07, 6.45) is 3.74. The first-order valence-corrected chi connectivity index (χ1v) is 6.71. The number of aliphatic hydroxyl groups is 1. The Labute approximate surface area is 104 Å². The molecule has 0 aromatic rings. The summed E-state index contributed by atoms with van der Waals surface area (Å²) < 4.78 is 5.48. The topological polar surface area (TPSA) is 49.8 Å². The molecule has 0 unspecified atom stereocenters.